The number of benzene rings is 3. The third-order valence-electron chi connectivity index (χ3n) is 7.59. The molecule has 0 bridgehead atoms. The monoisotopic (exact) mass is 575 g/mol. The number of hydrogen-bond acceptors (Lipinski definition) is 7. The average Bonchev–Trinajstić information content (AvgIpc) is 3.42. The van der Waals surface area contributed by atoms with Crippen LogP contribution in [0.15, 0.2) is 71.5 Å². The number of furan rings is 1. The number of aromatic nitrogens is 1. The highest BCUT2D eigenvalue weighted by molar-refractivity contribution is 6.30. The number of carboxylic acid groups (broad SMARTS) is 1. The molecule has 1 unspecified atom stereocenters. The molecule has 1 saturated heterocycles. The summed E-state index contributed by atoms with van der Waals surface area (Å²) in [6, 6.07) is 14.7. The van der Waals surface area contributed by atoms with E-state index in [2.05, 4.69) is 21.8 Å². The molecular weight excluding hydrogens is 549 g/mol. The summed E-state index contributed by atoms with van der Waals surface area (Å²) in [5.74, 6) is -1.33. The second-order valence-corrected chi connectivity index (χ2v) is 10.6. The molecule has 2 aromatic heterocycles. The van der Waals surface area contributed by atoms with Gasteiger partial charge in [-0.3, -0.25) is 4.90 Å². The van der Waals surface area contributed by atoms with Crippen molar-refractivity contribution in [2.75, 3.05) is 33.2 Å². The number of hydrogen-bond donors (Lipinski definition) is 2. The first-order chi connectivity index (χ1) is 19.8. The van der Waals surface area contributed by atoms with Crippen LogP contribution >= 0.6 is 11.6 Å². The first-order valence-corrected chi connectivity index (χ1v) is 13.5. The Hall–Kier alpha value is -4.18. The minimum absolute atomic E-state index is 0.00108. The van der Waals surface area contributed by atoms with Gasteiger partial charge < -0.3 is 24.3 Å². The number of ether oxygens (including phenoxy) is 1. The molecule has 0 radical (unpaired) electrons. The molecule has 1 atom stereocenters. The van der Waals surface area contributed by atoms with Crippen molar-refractivity contribution in [2.45, 2.75) is 12.6 Å². The lowest BCUT2D eigenvalue weighted by Gasteiger charge is -2.39. The molecule has 5 aromatic rings. The van der Waals surface area contributed by atoms with Crippen LogP contribution in [0.3, 0.4) is 0 Å². The van der Waals surface area contributed by atoms with Crippen LogP contribution in [-0.4, -0.2) is 64.2 Å². The van der Waals surface area contributed by atoms with Gasteiger partial charge >= 0.3 is 5.97 Å². The van der Waals surface area contributed by atoms with Crippen molar-refractivity contribution < 1.29 is 28.6 Å². The smallest absolute Gasteiger partial charge is 0.339 e. The number of pyridine rings is 1. The molecule has 1 aliphatic heterocycles. The first kappa shape index (κ1) is 27.0. The molecule has 6 rings (SSSR count). The molecule has 0 amide bonds. The SMILES string of the molecule is CN1CCN(C(c2ccnc(OCc3ccc(F)c(Cl)c3)c2)c2c(O)c3ccccc3c3occ(C(=O)O)c23)CC1. The fourth-order valence-corrected chi connectivity index (χ4v) is 5.70. The van der Waals surface area contributed by atoms with E-state index in [-0.39, 0.29) is 22.9 Å². The van der Waals surface area contributed by atoms with Crippen LogP contribution in [-0.2, 0) is 6.61 Å². The molecule has 210 valence electrons. The van der Waals surface area contributed by atoms with Gasteiger partial charge in [-0.2, -0.15) is 0 Å². The summed E-state index contributed by atoms with van der Waals surface area (Å²) in [6.07, 6.45) is 2.85. The molecule has 2 N–H and O–H groups in total. The van der Waals surface area contributed by atoms with Gasteiger partial charge in [-0.15, -0.1) is 0 Å². The van der Waals surface area contributed by atoms with E-state index in [1.807, 2.05) is 18.2 Å². The maximum Gasteiger partial charge on any atom is 0.339 e. The van der Waals surface area contributed by atoms with E-state index >= 15 is 0 Å². The molecule has 3 heterocycles. The number of fused-ring (bicyclic) bond motifs is 3. The fourth-order valence-electron chi connectivity index (χ4n) is 5.50. The third-order valence-corrected chi connectivity index (χ3v) is 7.88. The standard InChI is InChI=1S/C31H27ClFN3O5/c1-35-10-12-36(13-11-35)28(19-8-9-34-25(15-19)40-16-18-6-7-24(33)23(32)14-18)27-26-22(31(38)39)17-41-30(26)21-5-3-2-4-20(21)29(27)37/h2-9,14-15,17,28,37H,10-13,16H2,1H3,(H,38,39). The average molecular weight is 576 g/mol. The minimum Gasteiger partial charge on any atom is -0.507 e. The summed E-state index contributed by atoms with van der Waals surface area (Å²) in [4.78, 5) is 21.2. The number of phenols is 1. The molecule has 10 heteroatoms. The number of carboxylic acids is 1. The van der Waals surface area contributed by atoms with E-state index in [4.69, 9.17) is 20.8 Å². The van der Waals surface area contributed by atoms with Crippen molar-refractivity contribution in [2.24, 2.45) is 0 Å². The van der Waals surface area contributed by atoms with E-state index in [9.17, 15) is 19.4 Å². The van der Waals surface area contributed by atoms with Crippen molar-refractivity contribution >= 4 is 39.3 Å². The molecule has 41 heavy (non-hydrogen) atoms. The highest BCUT2D eigenvalue weighted by Crippen LogP contribution is 2.46. The Morgan fingerprint density at radius 3 is 2.61 bits per heavy atom. The lowest BCUT2D eigenvalue weighted by molar-refractivity contribution is 0.0697. The lowest BCUT2D eigenvalue weighted by atomic mass is 9.89. The molecular formula is C31H27ClFN3O5. The summed E-state index contributed by atoms with van der Waals surface area (Å²) in [6.45, 7) is 3.07. The summed E-state index contributed by atoms with van der Waals surface area (Å²) in [7, 11) is 2.05. The Morgan fingerprint density at radius 2 is 1.88 bits per heavy atom. The second kappa shape index (κ2) is 11.0. The van der Waals surface area contributed by atoms with Crippen LogP contribution < -0.4 is 4.74 Å². The Labute approximate surface area is 240 Å². The van der Waals surface area contributed by atoms with Gasteiger partial charge in [0.2, 0.25) is 5.88 Å². The molecule has 0 saturated carbocycles. The van der Waals surface area contributed by atoms with Gasteiger partial charge in [-0.05, 0) is 36.4 Å². The normalized spacial score (nSPS) is 15.4. The van der Waals surface area contributed by atoms with Crippen molar-refractivity contribution in [3.63, 3.8) is 0 Å². The zero-order chi connectivity index (χ0) is 28.7. The maximum absolute atomic E-state index is 13.6. The minimum atomic E-state index is -1.14. The quantitative estimate of drug-likeness (QED) is 0.240. The summed E-state index contributed by atoms with van der Waals surface area (Å²) >= 11 is 5.93. The van der Waals surface area contributed by atoms with Crippen LogP contribution in [0, 0.1) is 5.82 Å². The second-order valence-electron chi connectivity index (χ2n) is 10.2. The lowest BCUT2D eigenvalue weighted by Crippen LogP contribution is -2.46. The van der Waals surface area contributed by atoms with Gasteiger partial charge in [0.1, 0.15) is 35.6 Å². The van der Waals surface area contributed by atoms with E-state index in [0.29, 0.717) is 51.8 Å². The number of aromatic hydroxyl groups is 1. The van der Waals surface area contributed by atoms with Crippen LogP contribution in [0.5, 0.6) is 11.6 Å². The van der Waals surface area contributed by atoms with Gasteiger partial charge in [0.25, 0.3) is 0 Å². The Morgan fingerprint density at radius 1 is 1.12 bits per heavy atom. The molecule has 3 aromatic carbocycles. The van der Waals surface area contributed by atoms with Crippen LogP contribution in [0.4, 0.5) is 4.39 Å². The Kier molecular flexibility index (Phi) is 7.25. The highest BCUT2D eigenvalue weighted by Gasteiger charge is 2.33. The highest BCUT2D eigenvalue weighted by atomic mass is 35.5. The van der Waals surface area contributed by atoms with Crippen molar-refractivity contribution in [1.29, 1.82) is 0 Å². The number of nitrogens with zero attached hydrogens (tertiary/aromatic N) is 3. The molecule has 1 fully saturated rings. The molecule has 0 spiro atoms. The van der Waals surface area contributed by atoms with Gasteiger partial charge in [-0.1, -0.05) is 41.9 Å². The predicted molar refractivity (Wildman–Crippen MR) is 153 cm³/mol. The van der Waals surface area contributed by atoms with E-state index in [0.717, 1.165) is 18.7 Å². The van der Waals surface area contributed by atoms with Gasteiger partial charge in [0.15, 0.2) is 0 Å². The Bertz CT molecular complexity index is 1770. The number of phenolic OH excluding ortho intramolecular Hbond substituents is 1. The number of piperazine rings is 1. The van der Waals surface area contributed by atoms with Crippen LogP contribution in [0.25, 0.3) is 21.7 Å². The van der Waals surface area contributed by atoms with E-state index in [1.54, 1.807) is 30.5 Å². The molecule has 1 aliphatic rings. The molecule has 0 aliphatic carbocycles. The van der Waals surface area contributed by atoms with Crippen molar-refractivity contribution in [3.05, 3.63) is 100 Å². The predicted octanol–water partition coefficient (Wildman–Crippen LogP) is 6.09. The third kappa shape index (κ3) is 5.08. The zero-order valence-electron chi connectivity index (χ0n) is 22.2. The van der Waals surface area contributed by atoms with Crippen molar-refractivity contribution in [3.8, 4) is 11.6 Å². The largest absolute Gasteiger partial charge is 0.507 e. The number of halogens is 2. The summed E-state index contributed by atoms with van der Waals surface area (Å²) in [5, 5.41) is 23.5. The number of likely N-dealkylation sites (N-methyl/N-ethyl adjacent to an activating group) is 1. The van der Waals surface area contributed by atoms with E-state index < -0.39 is 17.8 Å². The Balaban J connectivity index is 1.50. The fraction of sp³-hybridized carbons (Fsp3) is 0.226. The topological polar surface area (TPSA) is 99.3 Å². The first-order valence-electron chi connectivity index (χ1n) is 13.1. The molecule has 8 nitrogen and oxygen atoms in total. The van der Waals surface area contributed by atoms with E-state index in [1.165, 1.54) is 18.4 Å². The van der Waals surface area contributed by atoms with Gasteiger partial charge in [-0.25, -0.2) is 14.2 Å². The maximum atomic E-state index is 13.6. The number of aromatic carboxylic acids is 1. The van der Waals surface area contributed by atoms with Gasteiger partial charge in [0.05, 0.1) is 11.1 Å². The number of rotatable bonds is 7. The van der Waals surface area contributed by atoms with Crippen molar-refractivity contribution in [1.82, 2.24) is 14.8 Å². The number of carbonyl (C=O) groups is 1. The van der Waals surface area contributed by atoms with Crippen LogP contribution in [0.1, 0.15) is 33.1 Å². The summed E-state index contributed by atoms with van der Waals surface area (Å²) < 4.78 is 25.4. The van der Waals surface area contributed by atoms with Crippen LogP contribution in [0.2, 0.25) is 5.02 Å². The van der Waals surface area contributed by atoms with Gasteiger partial charge in [0, 0.05) is 60.2 Å². The summed E-state index contributed by atoms with van der Waals surface area (Å²) in [5.41, 5.74) is 2.29. The zero-order valence-corrected chi connectivity index (χ0v) is 22.9.